The lowest BCUT2D eigenvalue weighted by molar-refractivity contribution is -0.123. The van der Waals surface area contributed by atoms with Crippen molar-refractivity contribution in [3.8, 4) is 0 Å². The number of imide groups is 1. The Morgan fingerprint density at radius 3 is 2.32 bits per heavy atom. The van der Waals surface area contributed by atoms with Crippen molar-refractivity contribution in [3.63, 3.8) is 0 Å². The van der Waals surface area contributed by atoms with Crippen LogP contribution in [0.2, 0.25) is 0 Å². The number of hydrogen-bond acceptors (Lipinski definition) is 3. The molecule has 1 aromatic carbocycles. The largest absolute Gasteiger partial charge is 0.398 e. The van der Waals surface area contributed by atoms with Crippen molar-refractivity contribution in [2.75, 3.05) is 10.6 Å². The minimum absolute atomic E-state index is 0.0481. The van der Waals surface area contributed by atoms with Crippen LogP contribution in [0, 0.1) is 24.7 Å². The van der Waals surface area contributed by atoms with E-state index >= 15 is 0 Å². The quantitative estimate of drug-likeness (QED) is 0.620. The fraction of sp³-hybridized carbons (Fsp3) is 0.467. The van der Waals surface area contributed by atoms with Gasteiger partial charge < -0.3 is 5.73 Å². The number of benzene rings is 1. The SMILES string of the molecule is Cc1c(N)cccc1N1C(=O)C2CC(C)CC2C1=O. The van der Waals surface area contributed by atoms with Gasteiger partial charge in [-0.2, -0.15) is 0 Å². The predicted octanol–water partition coefficient (Wildman–Crippen LogP) is 2.11. The van der Waals surface area contributed by atoms with Gasteiger partial charge in [-0.3, -0.25) is 9.59 Å². The first-order valence-corrected chi connectivity index (χ1v) is 6.73. The zero-order valence-corrected chi connectivity index (χ0v) is 11.2. The number of carbonyl (C=O) groups is 2. The lowest BCUT2D eigenvalue weighted by atomic mass is 10.00. The molecule has 2 N–H and O–H groups in total. The molecule has 2 fully saturated rings. The van der Waals surface area contributed by atoms with Crippen LogP contribution in [-0.4, -0.2) is 11.8 Å². The van der Waals surface area contributed by atoms with Crippen molar-refractivity contribution < 1.29 is 9.59 Å². The molecule has 1 aliphatic heterocycles. The highest BCUT2D eigenvalue weighted by Gasteiger charge is 2.52. The first kappa shape index (κ1) is 12.2. The van der Waals surface area contributed by atoms with Crippen LogP contribution in [0.5, 0.6) is 0 Å². The number of anilines is 2. The third kappa shape index (κ3) is 1.66. The molecule has 0 spiro atoms. The zero-order chi connectivity index (χ0) is 13.7. The molecule has 4 heteroatoms. The van der Waals surface area contributed by atoms with Gasteiger partial charge in [0.2, 0.25) is 11.8 Å². The lowest BCUT2D eigenvalue weighted by Gasteiger charge is -2.19. The van der Waals surface area contributed by atoms with Crippen molar-refractivity contribution in [2.24, 2.45) is 17.8 Å². The molecule has 1 aliphatic carbocycles. The minimum Gasteiger partial charge on any atom is -0.398 e. The minimum atomic E-state index is -0.122. The van der Waals surface area contributed by atoms with E-state index in [1.54, 1.807) is 18.2 Å². The molecule has 3 rings (SSSR count). The number of nitrogens with zero attached hydrogens (tertiary/aromatic N) is 1. The van der Waals surface area contributed by atoms with Gasteiger partial charge in [-0.15, -0.1) is 0 Å². The number of rotatable bonds is 1. The van der Waals surface area contributed by atoms with Gasteiger partial charge in [-0.25, -0.2) is 4.90 Å². The summed E-state index contributed by atoms with van der Waals surface area (Å²) >= 11 is 0. The second-order valence-corrected chi connectivity index (χ2v) is 5.79. The topological polar surface area (TPSA) is 63.4 Å². The van der Waals surface area contributed by atoms with Gasteiger partial charge >= 0.3 is 0 Å². The van der Waals surface area contributed by atoms with Crippen LogP contribution in [0.25, 0.3) is 0 Å². The number of nitrogens with two attached hydrogens (primary N) is 1. The summed E-state index contributed by atoms with van der Waals surface area (Å²) in [4.78, 5) is 26.3. The van der Waals surface area contributed by atoms with E-state index in [9.17, 15) is 9.59 Å². The van der Waals surface area contributed by atoms with Crippen LogP contribution < -0.4 is 10.6 Å². The molecule has 1 aromatic rings. The molecule has 2 unspecified atom stereocenters. The second kappa shape index (κ2) is 4.08. The number of carbonyl (C=O) groups excluding carboxylic acids is 2. The van der Waals surface area contributed by atoms with Crippen LogP contribution in [0.4, 0.5) is 11.4 Å². The van der Waals surface area contributed by atoms with E-state index in [4.69, 9.17) is 5.73 Å². The Hall–Kier alpha value is -1.84. The third-order valence-corrected chi connectivity index (χ3v) is 4.46. The Morgan fingerprint density at radius 2 is 1.74 bits per heavy atom. The summed E-state index contributed by atoms with van der Waals surface area (Å²) in [5.74, 6) is 0.125. The van der Waals surface area contributed by atoms with E-state index in [1.807, 2.05) is 6.92 Å². The second-order valence-electron chi connectivity index (χ2n) is 5.79. The van der Waals surface area contributed by atoms with Gasteiger partial charge in [-0.1, -0.05) is 13.0 Å². The average molecular weight is 258 g/mol. The van der Waals surface area contributed by atoms with Crippen molar-refractivity contribution in [3.05, 3.63) is 23.8 Å². The van der Waals surface area contributed by atoms with Gasteiger partial charge in [-0.05, 0) is 43.4 Å². The molecule has 0 radical (unpaired) electrons. The number of fused-ring (bicyclic) bond motifs is 1. The Bertz CT molecular complexity index is 543. The molecule has 1 saturated heterocycles. The summed E-state index contributed by atoms with van der Waals surface area (Å²) in [6.45, 7) is 3.96. The van der Waals surface area contributed by atoms with Crippen molar-refractivity contribution in [1.29, 1.82) is 0 Å². The van der Waals surface area contributed by atoms with Crippen LogP contribution in [-0.2, 0) is 9.59 Å². The van der Waals surface area contributed by atoms with Gasteiger partial charge in [0.05, 0.1) is 17.5 Å². The van der Waals surface area contributed by atoms with Crippen molar-refractivity contribution in [1.82, 2.24) is 0 Å². The summed E-state index contributed by atoms with van der Waals surface area (Å²) in [6, 6.07) is 5.37. The Morgan fingerprint density at radius 1 is 1.16 bits per heavy atom. The monoisotopic (exact) mass is 258 g/mol. The van der Waals surface area contributed by atoms with Gasteiger partial charge in [0.1, 0.15) is 0 Å². The first-order valence-electron chi connectivity index (χ1n) is 6.73. The third-order valence-electron chi connectivity index (χ3n) is 4.46. The molecule has 1 heterocycles. The summed E-state index contributed by atoms with van der Waals surface area (Å²) in [5.41, 5.74) is 7.94. The molecule has 4 nitrogen and oxygen atoms in total. The van der Waals surface area contributed by atoms with E-state index in [1.165, 1.54) is 4.90 Å². The molecule has 2 atom stereocenters. The molecular weight excluding hydrogens is 240 g/mol. The highest BCUT2D eigenvalue weighted by Crippen LogP contribution is 2.45. The fourth-order valence-electron chi connectivity index (χ4n) is 3.40. The molecular formula is C15H18N2O2. The summed E-state index contributed by atoms with van der Waals surface area (Å²) < 4.78 is 0. The predicted molar refractivity (Wildman–Crippen MR) is 73.5 cm³/mol. The standard InChI is InChI=1S/C15H18N2O2/c1-8-6-10-11(7-8)15(19)17(14(10)18)13-5-3-4-12(16)9(13)2/h3-5,8,10-11H,6-7,16H2,1-2H3. The maximum absolute atomic E-state index is 12.5. The smallest absolute Gasteiger partial charge is 0.237 e. The van der Waals surface area contributed by atoms with Crippen molar-refractivity contribution in [2.45, 2.75) is 26.7 Å². The van der Waals surface area contributed by atoms with Crippen LogP contribution in [0.3, 0.4) is 0 Å². The summed E-state index contributed by atoms with van der Waals surface area (Å²) in [6.07, 6.45) is 1.65. The van der Waals surface area contributed by atoms with Gasteiger partial charge in [0.15, 0.2) is 0 Å². The molecule has 1 saturated carbocycles. The number of hydrogen-bond donors (Lipinski definition) is 1. The van der Waals surface area contributed by atoms with Gasteiger partial charge in [0, 0.05) is 5.69 Å². The van der Waals surface area contributed by atoms with Crippen LogP contribution in [0.1, 0.15) is 25.3 Å². The maximum atomic E-state index is 12.5. The van der Waals surface area contributed by atoms with E-state index in [0.717, 1.165) is 18.4 Å². The highest BCUT2D eigenvalue weighted by molar-refractivity contribution is 6.22. The van der Waals surface area contributed by atoms with E-state index in [-0.39, 0.29) is 23.7 Å². The van der Waals surface area contributed by atoms with Crippen molar-refractivity contribution >= 4 is 23.2 Å². The molecule has 2 aliphatic rings. The Balaban J connectivity index is 2.01. The zero-order valence-electron chi connectivity index (χ0n) is 11.2. The lowest BCUT2D eigenvalue weighted by Crippen LogP contribution is -2.32. The van der Waals surface area contributed by atoms with Crippen LogP contribution >= 0.6 is 0 Å². The Labute approximate surface area is 112 Å². The Kier molecular flexibility index (Phi) is 2.62. The molecule has 19 heavy (non-hydrogen) atoms. The maximum Gasteiger partial charge on any atom is 0.237 e. The van der Waals surface area contributed by atoms with E-state index < -0.39 is 0 Å². The average Bonchev–Trinajstić information content (AvgIpc) is 2.84. The normalized spacial score (nSPS) is 30.0. The summed E-state index contributed by atoms with van der Waals surface area (Å²) in [5, 5.41) is 0. The number of nitrogen functional groups attached to an aromatic ring is 1. The number of amides is 2. The molecule has 0 bridgehead atoms. The molecule has 0 aromatic heterocycles. The molecule has 100 valence electrons. The first-order chi connectivity index (χ1) is 9.00. The van der Waals surface area contributed by atoms with E-state index in [2.05, 4.69) is 6.92 Å². The highest BCUT2D eigenvalue weighted by atomic mass is 16.2. The van der Waals surface area contributed by atoms with Crippen LogP contribution in [0.15, 0.2) is 18.2 Å². The summed E-state index contributed by atoms with van der Waals surface area (Å²) in [7, 11) is 0. The fourth-order valence-corrected chi connectivity index (χ4v) is 3.40. The van der Waals surface area contributed by atoms with Gasteiger partial charge in [0.25, 0.3) is 0 Å². The van der Waals surface area contributed by atoms with E-state index in [0.29, 0.717) is 17.3 Å². The molecule has 2 amide bonds.